The molecule has 0 spiro atoms. The van der Waals surface area contributed by atoms with Gasteiger partial charge in [0.1, 0.15) is 22.0 Å². The molecule has 162 valence electrons. The number of amides is 1. The van der Waals surface area contributed by atoms with Crippen molar-refractivity contribution in [1.82, 2.24) is 5.16 Å². The third kappa shape index (κ3) is 4.42. The van der Waals surface area contributed by atoms with Crippen molar-refractivity contribution in [1.29, 1.82) is 0 Å². The molecule has 0 fully saturated rings. The van der Waals surface area contributed by atoms with E-state index in [1.165, 1.54) is 11.3 Å². The molecule has 1 amide bonds. The maximum atomic E-state index is 13.3. The first-order chi connectivity index (χ1) is 15.0. The summed E-state index contributed by atoms with van der Waals surface area (Å²) >= 11 is 1.48. The summed E-state index contributed by atoms with van der Waals surface area (Å²) in [4.78, 5) is 27.4. The standard InChI is InChI=1S/C24H26N2O4S/c1-14(2)29-24(28)20-17-12-8-5-9-13-18(17)31-23(20)25-22(27)19-15(3)30-26-21(19)16-10-6-4-7-11-16/h4,6-7,10-11,14H,5,8-9,12-13H2,1-3H3,(H,25,27). The third-order valence-corrected chi connectivity index (χ3v) is 6.54. The second-order valence-electron chi connectivity index (χ2n) is 8.01. The number of ether oxygens (including phenoxy) is 1. The van der Waals surface area contributed by atoms with Gasteiger partial charge in [-0.2, -0.15) is 0 Å². The second kappa shape index (κ2) is 9.06. The number of nitrogens with one attached hydrogen (secondary N) is 1. The summed E-state index contributed by atoms with van der Waals surface area (Å²) in [5, 5.41) is 7.62. The Labute approximate surface area is 185 Å². The molecule has 31 heavy (non-hydrogen) atoms. The van der Waals surface area contributed by atoms with Crippen LogP contribution in [0.2, 0.25) is 0 Å². The van der Waals surface area contributed by atoms with Gasteiger partial charge in [0.25, 0.3) is 5.91 Å². The number of esters is 1. The minimum absolute atomic E-state index is 0.234. The molecule has 0 radical (unpaired) electrons. The molecule has 2 aromatic heterocycles. The third-order valence-electron chi connectivity index (χ3n) is 5.33. The van der Waals surface area contributed by atoms with Crippen LogP contribution < -0.4 is 5.32 Å². The van der Waals surface area contributed by atoms with Crippen LogP contribution in [0.15, 0.2) is 34.9 Å². The van der Waals surface area contributed by atoms with Crippen LogP contribution in [-0.4, -0.2) is 23.1 Å². The lowest BCUT2D eigenvalue weighted by Crippen LogP contribution is -2.18. The molecule has 1 aliphatic rings. The number of carbonyl (C=O) groups is 2. The van der Waals surface area contributed by atoms with E-state index in [0.717, 1.165) is 48.1 Å². The average molecular weight is 439 g/mol. The first kappa shape index (κ1) is 21.3. The van der Waals surface area contributed by atoms with Crippen LogP contribution in [0.3, 0.4) is 0 Å². The summed E-state index contributed by atoms with van der Waals surface area (Å²) in [7, 11) is 0. The number of nitrogens with zero attached hydrogens (tertiary/aromatic N) is 1. The topological polar surface area (TPSA) is 81.4 Å². The molecule has 1 aromatic carbocycles. The number of hydrogen-bond acceptors (Lipinski definition) is 6. The summed E-state index contributed by atoms with van der Waals surface area (Å²) in [6.07, 6.45) is 4.76. The van der Waals surface area contributed by atoms with E-state index in [4.69, 9.17) is 9.26 Å². The smallest absolute Gasteiger partial charge is 0.341 e. The lowest BCUT2D eigenvalue weighted by atomic mass is 10.0. The number of hydrogen-bond donors (Lipinski definition) is 1. The van der Waals surface area contributed by atoms with Crippen LogP contribution in [0.25, 0.3) is 11.3 Å². The van der Waals surface area contributed by atoms with Crippen LogP contribution in [-0.2, 0) is 17.6 Å². The normalized spacial score (nSPS) is 13.5. The van der Waals surface area contributed by atoms with Gasteiger partial charge in [-0.25, -0.2) is 4.79 Å². The van der Waals surface area contributed by atoms with Gasteiger partial charge in [-0.05, 0) is 52.0 Å². The highest BCUT2D eigenvalue weighted by molar-refractivity contribution is 7.17. The number of carbonyl (C=O) groups excluding carboxylic acids is 2. The first-order valence-electron chi connectivity index (χ1n) is 10.6. The molecular weight excluding hydrogens is 412 g/mol. The number of aryl methyl sites for hydroxylation is 2. The lowest BCUT2D eigenvalue weighted by molar-refractivity contribution is 0.0378. The number of thiophene rings is 1. The summed E-state index contributed by atoms with van der Waals surface area (Å²) < 4.78 is 10.9. The van der Waals surface area contributed by atoms with E-state index in [2.05, 4.69) is 10.5 Å². The molecule has 0 saturated heterocycles. The van der Waals surface area contributed by atoms with Gasteiger partial charge in [0, 0.05) is 10.4 Å². The maximum absolute atomic E-state index is 13.3. The average Bonchev–Trinajstić information content (AvgIpc) is 3.20. The predicted octanol–water partition coefficient (Wildman–Crippen LogP) is 5.80. The zero-order valence-electron chi connectivity index (χ0n) is 18.0. The van der Waals surface area contributed by atoms with E-state index in [1.807, 2.05) is 44.2 Å². The van der Waals surface area contributed by atoms with Crippen molar-refractivity contribution >= 4 is 28.2 Å². The lowest BCUT2D eigenvalue weighted by Gasteiger charge is -2.11. The molecule has 0 unspecified atom stereocenters. The Bertz CT molecular complexity index is 1100. The maximum Gasteiger partial charge on any atom is 0.341 e. The number of rotatable bonds is 5. The van der Waals surface area contributed by atoms with E-state index in [0.29, 0.717) is 27.6 Å². The Morgan fingerprint density at radius 1 is 1.10 bits per heavy atom. The molecule has 7 heteroatoms. The van der Waals surface area contributed by atoms with Gasteiger partial charge in [0.2, 0.25) is 0 Å². The number of fused-ring (bicyclic) bond motifs is 1. The quantitative estimate of drug-likeness (QED) is 0.402. The molecular formula is C24H26N2O4S. The highest BCUT2D eigenvalue weighted by atomic mass is 32.1. The zero-order valence-corrected chi connectivity index (χ0v) is 18.8. The largest absolute Gasteiger partial charge is 0.459 e. The van der Waals surface area contributed by atoms with Gasteiger partial charge in [-0.1, -0.05) is 41.9 Å². The van der Waals surface area contributed by atoms with E-state index in [-0.39, 0.29) is 18.0 Å². The molecule has 4 rings (SSSR count). The molecule has 0 saturated carbocycles. The fourth-order valence-corrected chi connectivity index (χ4v) is 5.19. The van der Waals surface area contributed by atoms with E-state index >= 15 is 0 Å². The van der Waals surface area contributed by atoms with Crippen LogP contribution in [0.5, 0.6) is 0 Å². The van der Waals surface area contributed by atoms with E-state index < -0.39 is 0 Å². The minimum atomic E-state index is -0.380. The summed E-state index contributed by atoms with van der Waals surface area (Å²) in [6.45, 7) is 5.37. The molecule has 0 bridgehead atoms. The second-order valence-corrected chi connectivity index (χ2v) is 9.11. The van der Waals surface area contributed by atoms with Crippen molar-refractivity contribution in [2.45, 2.75) is 59.0 Å². The summed E-state index contributed by atoms with van der Waals surface area (Å²) in [5.74, 6) is -0.289. The Balaban J connectivity index is 1.71. The Morgan fingerprint density at radius 2 is 1.84 bits per heavy atom. The molecule has 1 aliphatic carbocycles. The van der Waals surface area contributed by atoms with Crippen LogP contribution in [0.4, 0.5) is 5.00 Å². The van der Waals surface area contributed by atoms with Gasteiger partial charge in [-0.3, -0.25) is 4.79 Å². The van der Waals surface area contributed by atoms with E-state index in [1.54, 1.807) is 6.92 Å². The van der Waals surface area contributed by atoms with E-state index in [9.17, 15) is 9.59 Å². The highest BCUT2D eigenvalue weighted by Crippen LogP contribution is 2.39. The van der Waals surface area contributed by atoms with Crippen molar-refractivity contribution < 1.29 is 18.8 Å². The Hall–Kier alpha value is -2.93. The Morgan fingerprint density at radius 3 is 2.58 bits per heavy atom. The molecule has 1 N–H and O–H groups in total. The number of benzene rings is 1. The predicted molar refractivity (Wildman–Crippen MR) is 121 cm³/mol. The minimum Gasteiger partial charge on any atom is -0.459 e. The van der Waals surface area contributed by atoms with Crippen molar-refractivity contribution in [2.24, 2.45) is 0 Å². The van der Waals surface area contributed by atoms with Crippen molar-refractivity contribution in [3.8, 4) is 11.3 Å². The van der Waals surface area contributed by atoms with Gasteiger partial charge in [0.05, 0.1) is 11.7 Å². The van der Waals surface area contributed by atoms with Gasteiger partial charge in [-0.15, -0.1) is 11.3 Å². The SMILES string of the molecule is Cc1onc(-c2ccccc2)c1C(=O)Nc1sc2c(c1C(=O)OC(C)C)CCCCC2. The molecule has 0 aliphatic heterocycles. The molecule has 2 heterocycles. The Kier molecular flexibility index (Phi) is 6.23. The van der Waals surface area contributed by atoms with Crippen molar-refractivity contribution in [3.05, 3.63) is 57.7 Å². The van der Waals surface area contributed by atoms with Gasteiger partial charge >= 0.3 is 5.97 Å². The van der Waals surface area contributed by atoms with Crippen LogP contribution >= 0.6 is 11.3 Å². The first-order valence-corrected chi connectivity index (χ1v) is 11.5. The fraction of sp³-hybridized carbons (Fsp3) is 0.375. The summed E-state index contributed by atoms with van der Waals surface area (Å²) in [5.41, 5.74) is 3.18. The fourth-order valence-electron chi connectivity index (χ4n) is 3.92. The zero-order chi connectivity index (χ0) is 22.0. The van der Waals surface area contributed by atoms with Gasteiger partial charge in [0.15, 0.2) is 0 Å². The van der Waals surface area contributed by atoms with Crippen LogP contribution in [0.1, 0.15) is 70.0 Å². The number of aromatic nitrogens is 1. The van der Waals surface area contributed by atoms with Crippen molar-refractivity contribution in [3.63, 3.8) is 0 Å². The molecule has 3 aromatic rings. The molecule has 0 atom stereocenters. The highest BCUT2D eigenvalue weighted by Gasteiger charge is 2.29. The molecule has 6 nitrogen and oxygen atoms in total. The van der Waals surface area contributed by atoms with Crippen LogP contribution in [0, 0.1) is 6.92 Å². The van der Waals surface area contributed by atoms with Crippen molar-refractivity contribution in [2.75, 3.05) is 5.32 Å². The summed E-state index contributed by atoms with van der Waals surface area (Å²) in [6, 6.07) is 9.44. The van der Waals surface area contributed by atoms with Gasteiger partial charge < -0.3 is 14.6 Å². The monoisotopic (exact) mass is 438 g/mol. The number of anilines is 1.